The van der Waals surface area contributed by atoms with Crippen molar-refractivity contribution in [2.75, 3.05) is 14.2 Å². The van der Waals surface area contributed by atoms with Crippen LogP contribution in [0.2, 0.25) is 0 Å². The minimum atomic E-state index is -0.0323. The molecule has 0 aliphatic carbocycles. The molecule has 0 unspecified atom stereocenters. The highest BCUT2D eigenvalue weighted by Gasteiger charge is 2.21. The number of hydrogen-bond donors (Lipinski definition) is 1. The van der Waals surface area contributed by atoms with E-state index in [1.165, 1.54) is 11.1 Å². The summed E-state index contributed by atoms with van der Waals surface area (Å²) in [7, 11) is 3.34. The number of nitrogens with one attached hydrogen (secondary N) is 1. The number of aryl methyl sites for hydroxylation is 1. The number of thioether (sulfide) groups is 2. The van der Waals surface area contributed by atoms with Crippen molar-refractivity contribution in [3.8, 4) is 11.5 Å². The van der Waals surface area contributed by atoms with Crippen LogP contribution >= 0.6 is 23.5 Å². The lowest BCUT2D eigenvalue weighted by molar-refractivity contribution is 0.102. The highest BCUT2D eigenvalue weighted by atomic mass is 32.2. The van der Waals surface area contributed by atoms with Gasteiger partial charge in [0.1, 0.15) is 11.5 Å². The van der Waals surface area contributed by atoms with Crippen molar-refractivity contribution in [3.05, 3.63) is 99.1 Å². The van der Waals surface area contributed by atoms with Crippen LogP contribution < -0.4 is 9.47 Å². The summed E-state index contributed by atoms with van der Waals surface area (Å²) in [5.74, 6) is 3.55. The zero-order chi connectivity index (χ0) is 26.2. The summed E-state index contributed by atoms with van der Waals surface area (Å²) in [4.78, 5) is 21.7. The van der Waals surface area contributed by atoms with E-state index in [-0.39, 0.29) is 5.78 Å². The number of Topliss-reactive ketones (excluding diaryl/α,β-unsaturated/α-hetero) is 1. The number of aromatic nitrogens is 2. The Kier molecular flexibility index (Phi) is 9.36. The maximum atomic E-state index is 13.8. The molecule has 0 amide bonds. The SMILES string of the molecule is CCCC(C(=O)c1nc2ccc(C)cc2[nH]1)=C(SCc1ccc(OC)cc1)SCc1ccc(OC)cc1. The predicted molar refractivity (Wildman–Crippen MR) is 156 cm³/mol. The second kappa shape index (κ2) is 12.9. The normalized spacial score (nSPS) is 10.9. The molecule has 5 nitrogen and oxygen atoms in total. The Morgan fingerprint density at radius 1 is 0.865 bits per heavy atom. The maximum absolute atomic E-state index is 13.8. The minimum absolute atomic E-state index is 0.0323. The highest BCUT2D eigenvalue weighted by Crippen LogP contribution is 2.39. The molecule has 0 spiro atoms. The molecular formula is C30H32N2O3S2. The van der Waals surface area contributed by atoms with E-state index < -0.39 is 0 Å². The number of rotatable bonds is 12. The van der Waals surface area contributed by atoms with E-state index >= 15 is 0 Å². The standard InChI is InChI=1S/C30H32N2O3S2/c1-5-6-25(28(33)29-31-26-16-7-20(2)17-27(26)32-29)30(36-18-21-8-12-23(34-3)13-9-21)37-19-22-10-14-24(35-4)15-11-22/h7-17H,5-6,18-19H2,1-4H3,(H,31,32). The number of allylic oxidation sites excluding steroid dienone is 1. The van der Waals surface area contributed by atoms with Gasteiger partial charge in [0.25, 0.3) is 0 Å². The van der Waals surface area contributed by atoms with Gasteiger partial charge >= 0.3 is 0 Å². The molecule has 0 bridgehead atoms. The Hall–Kier alpha value is -3.16. The van der Waals surface area contributed by atoms with E-state index in [0.29, 0.717) is 12.2 Å². The molecule has 0 aliphatic rings. The van der Waals surface area contributed by atoms with Crippen LogP contribution in [0.25, 0.3) is 11.0 Å². The van der Waals surface area contributed by atoms with Gasteiger partial charge in [-0.2, -0.15) is 0 Å². The van der Waals surface area contributed by atoms with Gasteiger partial charge in [-0.3, -0.25) is 4.79 Å². The van der Waals surface area contributed by atoms with Gasteiger partial charge in [0.2, 0.25) is 5.78 Å². The van der Waals surface area contributed by atoms with Gasteiger partial charge in [-0.05, 0) is 66.4 Å². The number of carbonyl (C=O) groups excluding carboxylic acids is 1. The Morgan fingerprint density at radius 3 is 1.95 bits per heavy atom. The quantitative estimate of drug-likeness (QED) is 0.148. The zero-order valence-corrected chi connectivity index (χ0v) is 23.3. The second-order valence-corrected chi connectivity index (χ2v) is 11.0. The van der Waals surface area contributed by atoms with Crippen LogP contribution in [0.5, 0.6) is 11.5 Å². The number of fused-ring (bicyclic) bond motifs is 1. The third-order valence-corrected chi connectivity index (χ3v) is 8.61. The topological polar surface area (TPSA) is 64.2 Å². The van der Waals surface area contributed by atoms with Crippen LogP contribution in [0.3, 0.4) is 0 Å². The fourth-order valence-electron chi connectivity index (χ4n) is 3.89. The molecule has 4 aromatic rings. The van der Waals surface area contributed by atoms with Crippen molar-refractivity contribution in [2.24, 2.45) is 0 Å². The number of carbonyl (C=O) groups is 1. The minimum Gasteiger partial charge on any atom is -0.497 e. The Balaban J connectivity index is 1.64. The van der Waals surface area contributed by atoms with Crippen LogP contribution in [0.15, 0.2) is 76.5 Å². The molecule has 0 fully saturated rings. The number of methoxy groups -OCH3 is 2. The van der Waals surface area contributed by atoms with Crippen LogP contribution in [-0.4, -0.2) is 30.0 Å². The van der Waals surface area contributed by atoms with Crippen LogP contribution in [0.1, 0.15) is 47.1 Å². The lowest BCUT2D eigenvalue weighted by atomic mass is 10.1. The van der Waals surface area contributed by atoms with Crippen molar-refractivity contribution >= 4 is 40.3 Å². The Morgan fingerprint density at radius 2 is 1.43 bits per heavy atom. The molecule has 3 aromatic carbocycles. The fraction of sp³-hybridized carbons (Fsp3) is 0.267. The average Bonchev–Trinajstić information content (AvgIpc) is 3.35. The molecule has 1 heterocycles. The van der Waals surface area contributed by atoms with Gasteiger partial charge in [0.15, 0.2) is 5.82 Å². The molecule has 0 radical (unpaired) electrons. The second-order valence-electron chi connectivity index (χ2n) is 8.72. The number of benzene rings is 3. The van der Waals surface area contributed by atoms with E-state index in [1.807, 2.05) is 49.4 Å². The first-order valence-corrected chi connectivity index (χ1v) is 14.2. The van der Waals surface area contributed by atoms with Gasteiger partial charge in [-0.15, -0.1) is 23.5 Å². The van der Waals surface area contributed by atoms with Gasteiger partial charge in [-0.1, -0.05) is 43.7 Å². The molecule has 4 rings (SSSR count). The molecule has 7 heteroatoms. The summed E-state index contributed by atoms with van der Waals surface area (Å²) >= 11 is 3.42. The summed E-state index contributed by atoms with van der Waals surface area (Å²) in [6.07, 6.45) is 1.56. The number of H-pyrrole nitrogens is 1. The van der Waals surface area contributed by atoms with Crippen molar-refractivity contribution in [1.29, 1.82) is 0 Å². The summed E-state index contributed by atoms with van der Waals surface area (Å²) in [5.41, 5.74) is 5.99. The third kappa shape index (κ3) is 6.99. The number of ketones is 1. The molecular weight excluding hydrogens is 500 g/mol. The molecule has 37 heavy (non-hydrogen) atoms. The molecule has 1 aromatic heterocycles. The largest absolute Gasteiger partial charge is 0.497 e. The lowest BCUT2D eigenvalue weighted by Gasteiger charge is -2.14. The Bertz CT molecular complexity index is 1320. The summed E-state index contributed by atoms with van der Waals surface area (Å²) in [6, 6.07) is 22.2. The smallest absolute Gasteiger partial charge is 0.225 e. The predicted octanol–water partition coefficient (Wildman–Crippen LogP) is 7.95. The molecule has 0 saturated heterocycles. The number of nitrogens with zero attached hydrogens (tertiary/aromatic N) is 1. The first kappa shape index (κ1) is 26.9. The fourth-order valence-corrected chi connectivity index (χ4v) is 6.29. The molecule has 1 N–H and O–H groups in total. The van der Waals surface area contributed by atoms with Crippen LogP contribution in [0.4, 0.5) is 0 Å². The zero-order valence-electron chi connectivity index (χ0n) is 21.7. The monoisotopic (exact) mass is 532 g/mol. The number of hydrogen-bond acceptors (Lipinski definition) is 6. The van der Waals surface area contributed by atoms with E-state index in [1.54, 1.807) is 37.7 Å². The van der Waals surface area contributed by atoms with Crippen molar-refractivity contribution in [2.45, 2.75) is 38.2 Å². The van der Waals surface area contributed by atoms with Crippen LogP contribution in [-0.2, 0) is 11.5 Å². The lowest BCUT2D eigenvalue weighted by Crippen LogP contribution is -2.08. The van der Waals surface area contributed by atoms with Crippen LogP contribution in [0, 0.1) is 6.92 Å². The number of aromatic amines is 1. The first-order chi connectivity index (χ1) is 18.0. The van der Waals surface area contributed by atoms with Gasteiger partial charge in [0, 0.05) is 21.3 Å². The van der Waals surface area contributed by atoms with Crippen molar-refractivity contribution < 1.29 is 14.3 Å². The first-order valence-electron chi connectivity index (χ1n) is 12.3. The van der Waals surface area contributed by atoms with Crippen molar-refractivity contribution in [1.82, 2.24) is 9.97 Å². The van der Waals surface area contributed by atoms with E-state index in [4.69, 9.17) is 9.47 Å². The summed E-state index contributed by atoms with van der Waals surface area (Å²) < 4.78 is 11.6. The van der Waals surface area contributed by atoms with E-state index in [9.17, 15) is 4.79 Å². The van der Waals surface area contributed by atoms with E-state index in [0.717, 1.165) is 55.8 Å². The van der Waals surface area contributed by atoms with Crippen molar-refractivity contribution in [3.63, 3.8) is 0 Å². The van der Waals surface area contributed by atoms with E-state index in [2.05, 4.69) is 41.2 Å². The third-order valence-electron chi connectivity index (χ3n) is 5.93. The Labute approximate surface area is 227 Å². The summed E-state index contributed by atoms with van der Waals surface area (Å²) in [5, 5.41) is 0. The molecule has 192 valence electrons. The molecule has 0 atom stereocenters. The van der Waals surface area contributed by atoms with Gasteiger partial charge < -0.3 is 14.5 Å². The number of ether oxygens (including phenoxy) is 2. The number of imidazole rings is 1. The maximum Gasteiger partial charge on any atom is 0.225 e. The average molecular weight is 533 g/mol. The summed E-state index contributed by atoms with van der Waals surface area (Å²) in [6.45, 7) is 4.14. The highest BCUT2D eigenvalue weighted by molar-refractivity contribution is 8.21. The molecule has 0 saturated carbocycles. The van der Waals surface area contributed by atoms with Gasteiger partial charge in [-0.25, -0.2) is 4.98 Å². The van der Waals surface area contributed by atoms with Gasteiger partial charge in [0.05, 0.1) is 25.3 Å². The molecule has 0 aliphatic heterocycles.